The number of methoxy groups -OCH3 is 1. The van der Waals surface area contributed by atoms with Crippen molar-refractivity contribution in [1.82, 2.24) is 14.5 Å². The van der Waals surface area contributed by atoms with Crippen LogP contribution in [0.2, 0.25) is 0 Å². The number of hydrogen-bond acceptors (Lipinski definition) is 5. The minimum absolute atomic E-state index is 0.00832. The molecule has 146 valence electrons. The summed E-state index contributed by atoms with van der Waals surface area (Å²) in [5, 5.41) is 3.01. The molecule has 0 radical (unpaired) electrons. The fraction of sp³-hybridized carbons (Fsp3) is 0.600. The van der Waals surface area contributed by atoms with Crippen LogP contribution in [0.15, 0.2) is 18.2 Å². The molecule has 2 aliphatic rings. The number of anilines is 1. The highest BCUT2D eigenvalue weighted by Crippen LogP contribution is 2.36. The van der Waals surface area contributed by atoms with Gasteiger partial charge in [-0.05, 0) is 44.4 Å². The van der Waals surface area contributed by atoms with Crippen LogP contribution in [0.4, 0.5) is 5.69 Å². The SMILES string of the molecule is COC1CCN(CC(=O)Nc2ccc3c(c2)nc(C)n3C)CC12CCCO2. The van der Waals surface area contributed by atoms with Crippen molar-refractivity contribution in [2.24, 2.45) is 7.05 Å². The predicted octanol–water partition coefficient (Wildman–Crippen LogP) is 2.09. The average Bonchev–Trinajstić information content (AvgIpc) is 3.20. The summed E-state index contributed by atoms with van der Waals surface area (Å²) < 4.78 is 13.8. The Kier molecular flexibility index (Phi) is 4.92. The summed E-state index contributed by atoms with van der Waals surface area (Å²) in [6.07, 6.45) is 3.07. The van der Waals surface area contributed by atoms with E-state index in [0.29, 0.717) is 6.54 Å². The average molecular weight is 372 g/mol. The van der Waals surface area contributed by atoms with Crippen molar-refractivity contribution < 1.29 is 14.3 Å². The number of aryl methyl sites for hydroxylation is 2. The number of amides is 1. The Labute approximate surface area is 159 Å². The topological polar surface area (TPSA) is 68.6 Å². The van der Waals surface area contributed by atoms with Gasteiger partial charge in [0, 0.05) is 39.5 Å². The lowest BCUT2D eigenvalue weighted by molar-refractivity contribution is -0.146. The molecule has 0 bridgehead atoms. The number of rotatable bonds is 4. The molecule has 2 fully saturated rings. The third kappa shape index (κ3) is 3.47. The highest BCUT2D eigenvalue weighted by molar-refractivity contribution is 5.94. The largest absolute Gasteiger partial charge is 0.378 e. The first-order valence-electron chi connectivity index (χ1n) is 9.63. The molecule has 2 atom stereocenters. The smallest absolute Gasteiger partial charge is 0.238 e. The van der Waals surface area contributed by atoms with Crippen LogP contribution in [-0.4, -0.2) is 65.4 Å². The molecule has 1 N–H and O–H groups in total. The maximum Gasteiger partial charge on any atom is 0.238 e. The number of piperidine rings is 1. The molecule has 1 spiro atoms. The number of carbonyl (C=O) groups excluding carboxylic acids is 1. The predicted molar refractivity (Wildman–Crippen MR) is 104 cm³/mol. The first kappa shape index (κ1) is 18.4. The molecule has 2 aromatic rings. The van der Waals surface area contributed by atoms with Gasteiger partial charge in [0.25, 0.3) is 0 Å². The van der Waals surface area contributed by atoms with Crippen LogP contribution in [0.5, 0.6) is 0 Å². The molecule has 1 aromatic heterocycles. The third-order valence-electron chi connectivity index (χ3n) is 5.96. The summed E-state index contributed by atoms with van der Waals surface area (Å²) in [5.74, 6) is 0.947. The van der Waals surface area contributed by atoms with Crippen molar-refractivity contribution in [3.8, 4) is 0 Å². The first-order valence-corrected chi connectivity index (χ1v) is 9.63. The van der Waals surface area contributed by atoms with Crippen molar-refractivity contribution in [2.75, 3.05) is 38.7 Å². The summed E-state index contributed by atoms with van der Waals surface area (Å²) in [6, 6.07) is 5.86. The lowest BCUT2D eigenvalue weighted by atomic mass is 9.87. The molecule has 1 amide bonds. The quantitative estimate of drug-likeness (QED) is 0.890. The number of carbonyl (C=O) groups is 1. The molecule has 3 heterocycles. The molecule has 0 saturated carbocycles. The van der Waals surface area contributed by atoms with E-state index >= 15 is 0 Å². The first-order chi connectivity index (χ1) is 13.0. The van der Waals surface area contributed by atoms with Gasteiger partial charge >= 0.3 is 0 Å². The zero-order valence-electron chi connectivity index (χ0n) is 16.3. The van der Waals surface area contributed by atoms with Gasteiger partial charge in [-0.15, -0.1) is 0 Å². The van der Waals surface area contributed by atoms with E-state index in [9.17, 15) is 4.79 Å². The number of hydrogen-bond donors (Lipinski definition) is 1. The summed E-state index contributed by atoms with van der Waals surface area (Å²) in [7, 11) is 3.75. The van der Waals surface area contributed by atoms with E-state index in [2.05, 4.69) is 15.2 Å². The van der Waals surface area contributed by atoms with Gasteiger partial charge in [-0.3, -0.25) is 9.69 Å². The Morgan fingerprint density at radius 3 is 3.07 bits per heavy atom. The monoisotopic (exact) mass is 372 g/mol. The van der Waals surface area contributed by atoms with E-state index < -0.39 is 0 Å². The molecule has 0 aliphatic carbocycles. The summed E-state index contributed by atoms with van der Waals surface area (Å²) in [6.45, 7) is 4.71. The molecule has 7 nitrogen and oxygen atoms in total. The molecule has 4 rings (SSSR count). The number of likely N-dealkylation sites (tertiary alicyclic amines) is 1. The minimum Gasteiger partial charge on any atom is -0.378 e. The van der Waals surface area contributed by atoms with Gasteiger partial charge in [-0.1, -0.05) is 0 Å². The van der Waals surface area contributed by atoms with Crippen molar-refractivity contribution in [1.29, 1.82) is 0 Å². The Morgan fingerprint density at radius 2 is 2.33 bits per heavy atom. The molecule has 1 aromatic carbocycles. The number of aromatic nitrogens is 2. The fourth-order valence-electron chi connectivity index (χ4n) is 4.49. The Balaban J connectivity index is 1.41. The van der Waals surface area contributed by atoms with Crippen molar-refractivity contribution in [3.63, 3.8) is 0 Å². The van der Waals surface area contributed by atoms with Gasteiger partial charge in [-0.25, -0.2) is 4.98 Å². The number of fused-ring (bicyclic) bond motifs is 1. The highest BCUT2D eigenvalue weighted by Gasteiger charge is 2.47. The van der Waals surface area contributed by atoms with E-state index in [1.165, 1.54) is 0 Å². The molecule has 2 aliphatic heterocycles. The van der Waals surface area contributed by atoms with Crippen LogP contribution in [0, 0.1) is 6.92 Å². The zero-order valence-corrected chi connectivity index (χ0v) is 16.3. The van der Waals surface area contributed by atoms with Crippen LogP contribution in [0.25, 0.3) is 11.0 Å². The standard InChI is InChI=1S/C20H28N4O3/c1-14-21-16-11-15(5-6-17(16)23(14)2)22-19(25)12-24-9-7-18(26-3)20(13-24)8-4-10-27-20/h5-6,11,18H,4,7-10,12-13H2,1-3H3,(H,22,25). The number of nitrogens with one attached hydrogen (secondary N) is 1. The van der Waals surface area contributed by atoms with E-state index in [4.69, 9.17) is 9.47 Å². The van der Waals surface area contributed by atoms with Gasteiger partial charge in [-0.2, -0.15) is 0 Å². The lowest BCUT2D eigenvalue weighted by Crippen LogP contribution is -2.58. The third-order valence-corrected chi connectivity index (χ3v) is 5.96. The molecular weight excluding hydrogens is 344 g/mol. The Hall–Kier alpha value is -1.96. The molecular formula is C20H28N4O3. The number of ether oxygens (including phenoxy) is 2. The fourth-order valence-corrected chi connectivity index (χ4v) is 4.49. The normalized spacial score (nSPS) is 26.1. The maximum atomic E-state index is 12.6. The van der Waals surface area contributed by atoms with Crippen LogP contribution < -0.4 is 5.32 Å². The molecule has 2 unspecified atom stereocenters. The molecule has 7 heteroatoms. The number of imidazole rings is 1. The Morgan fingerprint density at radius 1 is 1.48 bits per heavy atom. The van der Waals surface area contributed by atoms with Crippen LogP contribution in [0.3, 0.4) is 0 Å². The van der Waals surface area contributed by atoms with Crippen molar-refractivity contribution in [2.45, 2.75) is 37.9 Å². The maximum absolute atomic E-state index is 12.6. The highest BCUT2D eigenvalue weighted by atomic mass is 16.5. The second-order valence-corrected chi connectivity index (χ2v) is 7.71. The van der Waals surface area contributed by atoms with Gasteiger partial charge < -0.3 is 19.4 Å². The van der Waals surface area contributed by atoms with Gasteiger partial charge in [0.2, 0.25) is 5.91 Å². The van der Waals surface area contributed by atoms with Crippen molar-refractivity contribution in [3.05, 3.63) is 24.0 Å². The molecule has 2 saturated heterocycles. The molecule has 27 heavy (non-hydrogen) atoms. The summed E-state index contributed by atoms with van der Waals surface area (Å²) in [4.78, 5) is 19.3. The van der Waals surface area contributed by atoms with Crippen LogP contribution >= 0.6 is 0 Å². The second kappa shape index (κ2) is 7.22. The van der Waals surface area contributed by atoms with E-state index in [1.807, 2.05) is 36.7 Å². The summed E-state index contributed by atoms with van der Waals surface area (Å²) >= 11 is 0. The van der Waals surface area contributed by atoms with E-state index in [1.54, 1.807) is 7.11 Å². The summed E-state index contributed by atoms with van der Waals surface area (Å²) in [5.41, 5.74) is 2.49. The van der Waals surface area contributed by atoms with E-state index in [0.717, 1.165) is 61.5 Å². The van der Waals surface area contributed by atoms with Crippen LogP contribution in [-0.2, 0) is 21.3 Å². The number of nitrogens with zero attached hydrogens (tertiary/aromatic N) is 3. The van der Waals surface area contributed by atoms with Crippen molar-refractivity contribution >= 4 is 22.6 Å². The second-order valence-electron chi connectivity index (χ2n) is 7.71. The minimum atomic E-state index is -0.252. The lowest BCUT2D eigenvalue weighted by Gasteiger charge is -2.44. The van der Waals surface area contributed by atoms with E-state index in [-0.39, 0.29) is 17.6 Å². The van der Waals surface area contributed by atoms with Gasteiger partial charge in [0.05, 0.1) is 23.7 Å². The van der Waals surface area contributed by atoms with Crippen LogP contribution in [0.1, 0.15) is 25.1 Å². The number of benzene rings is 1. The Bertz CT molecular complexity index is 841. The zero-order chi connectivity index (χ0) is 19.0. The van der Waals surface area contributed by atoms with Gasteiger partial charge in [0.15, 0.2) is 0 Å². The van der Waals surface area contributed by atoms with Gasteiger partial charge in [0.1, 0.15) is 11.4 Å².